The molecule has 0 saturated heterocycles. The zero-order chi connectivity index (χ0) is 13.1. The molecule has 8 nitrogen and oxygen atoms in total. The summed E-state index contributed by atoms with van der Waals surface area (Å²) in [5.41, 5.74) is 0.167. The minimum absolute atomic E-state index is 0.337. The maximum Gasteiger partial charge on any atom is 0.336 e. The van der Waals surface area contributed by atoms with Crippen LogP contribution in [0.5, 0.6) is 0 Å². The zero-order valence-corrected chi connectivity index (χ0v) is 10.1. The summed E-state index contributed by atoms with van der Waals surface area (Å²) in [6, 6.07) is -0.446. The fourth-order valence-electron chi connectivity index (χ4n) is 1.53. The van der Waals surface area contributed by atoms with Gasteiger partial charge < -0.3 is 9.64 Å². The van der Waals surface area contributed by atoms with Gasteiger partial charge >= 0.3 is 11.7 Å². The summed E-state index contributed by atoms with van der Waals surface area (Å²) in [6.07, 6.45) is 2.73. The molecule has 2 aromatic rings. The SMILES string of the molecule is COCCN(C)C(=O)n1c(=O)[nH]c2ncncc21. The van der Waals surface area contributed by atoms with E-state index in [0.29, 0.717) is 24.3 Å². The first-order chi connectivity index (χ1) is 8.65. The summed E-state index contributed by atoms with van der Waals surface area (Å²) in [6.45, 7) is 0.790. The van der Waals surface area contributed by atoms with E-state index in [1.807, 2.05) is 0 Å². The second kappa shape index (κ2) is 4.96. The number of fused-ring (bicyclic) bond motifs is 1. The van der Waals surface area contributed by atoms with Crippen molar-refractivity contribution in [2.24, 2.45) is 0 Å². The average Bonchev–Trinajstić information content (AvgIpc) is 2.70. The van der Waals surface area contributed by atoms with Gasteiger partial charge in [-0.3, -0.25) is 4.98 Å². The molecule has 0 aromatic carbocycles. The Morgan fingerprint density at radius 3 is 3.11 bits per heavy atom. The minimum Gasteiger partial charge on any atom is -0.383 e. The highest BCUT2D eigenvalue weighted by Crippen LogP contribution is 2.05. The molecule has 0 radical (unpaired) electrons. The third kappa shape index (κ3) is 2.09. The van der Waals surface area contributed by atoms with Crippen LogP contribution in [0.3, 0.4) is 0 Å². The number of nitrogens with one attached hydrogen (secondary N) is 1. The molecule has 18 heavy (non-hydrogen) atoms. The Hall–Kier alpha value is -2.22. The van der Waals surface area contributed by atoms with Crippen molar-refractivity contribution in [3.63, 3.8) is 0 Å². The molecule has 0 aliphatic heterocycles. The van der Waals surface area contributed by atoms with Crippen LogP contribution in [0.1, 0.15) is 0 Å². The van der Waals surface area contributed by atoms with E-state index >= 15 is 0 Å². The number of ether oxygens (including phenoxy) is 1. The topological polar surface area (TPSA) is 93.1 Å². The van der Waals surface area contributed by atoms with Gasteiger partial charge in [0.05, 0.1) is 12.8 Å². The molecule has 2 aromatic heterocycles. The lowest BCUT2D eigenvalue weighted by molar-refractivity contribution is 0.160. The van der Waals surface area contributed by atoms with Crippen LogP contribution in [0.4, 0.5) is 4.79 Å². The second-order valence-electron chi connectivity index (χ2n) is 3.72. The number of methoxy groups -OCH3 is 1. The van der Waals surface area contributed by atoms with E-state index < -0.39 is 11.7 Å². The third-order valence-corrected chi connectivity index (χ3v) is 2.51. The number of H-pyrrole nitrogens is 1. The third-order valence-electron chi connectivity index (χ3n) is 2.51. The number of hydrogen-bond acceptors (Lipinski definition) is 5. The van der Waals surface area contributed by atoms with Crippen LogP contribution >= 0.6 is 0 Å². The average molecular weight is 251 g/mol. The van der Waals surface area contributed by atoms with Crippen LogP contribution in [-0.4, -0.2) is 57.8 Å². The number of carbonyl (C=O) groups excluding carboxylic acids is 1. The van der Waals surface area contributed by atoms with E-state index in [1.54, 1.807) is 14.2 Å². The number of carbonyl (C=O) groups is 1. The monoisotopic (exact) mass is 251 g/mol. The first kappa shape index (κ1) is 12.2. The number of likely N-dealkylation sites (N-methyl/N-ethyl adjacent to an activating group) is 1. The number of aromatic nitrogens is 4. The molecule has 0 aliphatic rings. The Labute approximate surface area is 102 Å². The number of nitrogens with zero attached hydrogens (tertiary/aromatic N) is 4. The summed E-state index contributed by atoms with van der Waals surface area (Å²) in [4.78, 5) is 35.4. The number of hydrogen-bond donors (Lipinski definition) is 1. The van der Waals surface area contributed by atoms with Crippen molar-refractivity contribution in [2.75, 3.05) is 27.3 Å². The highest BCUT2D eigenvalue weighted by molar-refractivity contribution is 5.86. The maximum absolute atomic E-state index is 12.1. The van der Waals surface area contributed by atoms with E-state index in [0.717, 1.165) is 4.57 Å². The van der Waals surface area contributed by atoms with Gasteiger partial charge in [-0.1, -0.05) is 0 Å². The van der Waals surface area contributed by atoms with Crippen molar-refractivity contribution in [3.05, 3.63) is 23.0 Å². The predicted molar refractivity (Wildman–Crippen MR) is 63.4 cm³/mol. The molecule has 0 fully saturated rings. The molecule has 0 bridgehead atoms. The standard InChI is InChI=1S/C10H13N5O3/c1-14(3-4-18-2)10(17)15-7-5-11-6-12-8(7)13-9(15)16/h5-6H,3-4H2,1-2H3,(H,11,12,13,16). The van der Waals surface area contributed by atoms with Crippen molar-refractivity contribution in [1.29, 1.82) is 0 Å². The largest absolute Gasteiger partial charge is 0.383 e. The highest BCUT2D eigenvalue weighted by atomic mass is 16.5. The van der Waals surface area contributed by atoms with Gasteiger partial charge in [0.1, 0.15) is 11.8 Å². The maximum atomic E-state index is 12.1. The molecule has 2 rings (SSSR count). The fourth-order valence-corrected chi connectivity index (χ4v) is 1.53. The fraction of sp³-hybridized carbons (Fsp3) is 0.400. The van der Waals surface area contributed by atoms with Crippen LogP contribution in [0.25, 0.3) is 11.2 Å². The molecule has 96 valence electrons. The van der Waals surface area contributed by atoms with Gasteiger partial charge in [0.2, 0.25) is 0 Å². The van der Waals surface area contributed by atoms with Gasteiger partial charge in [-0.05, 0) is 0 Å². The van der Waals surface area contributed by atoms with E-state index in [4.69, 9.17) is 4.74 Å². The van der Waals surface area contributed by atoms with Crippen LogP contribution in [-0.2, 0) is 4.74 Å². The summed E-state index contributed by atoms with van der Waals surface area (Å²) >= 11 is 0. The van der Waals surface area contributed by atoms with E-state index in [-0.39, 0.29) is 0 Å². The van der Waals surface area contributed by atoms with Gasteiger partial charge in [-0.15, -0.1) is 0 Å². The van der Waals surface area contributed by atoms with E-state index in [9.17, 15) is 9.59 Å². The molecule has 0 atom stereocenters. The van der Waals surface area contributed by atoms with Crippen molar-refractivity contribution >= 4 is 17.2 Å². The Morgan fingerprint density at radius 1 is 1.61 bits per heavy atom. The lowest BCUT2D eigenvalue weighted by atomic mass is 10.5. The minimum atomic E-state index is -0.528. The molecule has 0 spiro atoms. The Balaban J connectivity index is 2.38. The number of imidazole rings is 1. The van der Waals surface area contributed by atoms with E-state index in [2.05, 4.69) is 15.0 Å². The molecule has 0 saturated carbocycles. The molecular weight excluding hydrogens is 238 g/mol. The van der Waals surface area contributed by atoms with Gasteiger partial charge in [0.15, 0.2) is 5.65 Å². The molecule has 1 amide bonds. The van der Waals surface area contributed by atoms with Crippen molar-refractivity contribution in [1.82, 2.24) is 24.4 Å². The summed E-state index contributed by atoms with van der Waals surface area (Å²) in [7, 11) is 3.14. The Morgan fingerprint density at radius 2 is 2.39 bits per heavy atom. The molecule has 0 aliphatic carbocycles. The van der Waals surface area contributed by atoms with Crippen molar-refractivity contribution < 1.29 is 9.53 Å². The quantitative estimate of drug-likeness (QED) is 0.806. The zero-order valence-electron chi connectivity index (χ0n) is 10.1. The Bertz CT molecular complexity index is 617. The molecule has 0 unspecified atom stereocenters. The van der Waals surface area contributed by atoms with Crippen LogP contribution in [0.15, 0.2) is 17.3 Å². The van der Waals surface area contributed by atoms with Crippen molar-refractivity contribution in [3.8, 4) is 0 Å². The Kier molecular flexibility index (Phi) is 3.38. The van der Waals surface area contributed by atoms with Gasteiger partial charge in [-0.2, -0.15) is 0 Å². The number of aromatic amines is 1. The lowest BCUT2D eigenvalue weighted by Gasteiger charge is -2.16. The first-order valence-corrected chi connectivity index (χ1v) is 5.30. The number of rotatable bonds is 3. The highest BCUT2D eigenvalue weighted by Gasteiger charge is 2.17. The van der Waals surface area contributed by atoms with Gasteiger partial charge in [-0.25, -0.2) is 24.1 Å². The summed E-state index contributed by atoms with van der Waals surface area (Å²) in [5, 5.41) is 0. The molecular formula is C10H13N5O3. The van der Waals surface area contributed by atoms with E-state index in [1.165, 1.54) is 17.4 Å². The first-order valence-electron chi connectivity index (χ1n) is 5.30. The predicted octanol–water partition coefficient (Wildman–Crippen LogP) is -0.334. The summed E-state index contributed by atoms with van der Waals surface area (Å²) < 4.78 is 5.89. The van der Waals surface area contributed by atoms with Crippen LogP contribution in [0.2, 0.25) is 0 Å². The number of amides is 1. The smallest absolute Gasteiger partial charge is 0.336 e. The lowest BCUT2D eigenvalue weighted by Crippen LogP contribution is -2.38. The summed E-state index contributed by atoms with van der Waals surface area (Å²) in [5.74, 6) is 0. The van der Waals surface area contributed by atoms with Gasteiger partial charge in [0.25, 0.3) is 0 Å². The molecule has 8 heteroatoms. The van der Waals surface area contributed by atoms with Crippen molar-refractivity contribution in [2.45, 2.75) is 0 Å². The van der Waals surface area contributed by atoms with Crippen LogP contribution in [0, 0.1) is 0 Å². The van der Waals surface area contributed by atoms with Crippen LogP contribution < -0.4 is 5.69 Å². The van der Waals surface area contributed by atoms with Gasteiger partial charge in [0, 0.05) is 20.7 Å². The molecule has 1 N–H and O–H groups in total. The second-order valence-corrected chi connectivity index (χ2v) is 3.72. The normalized spacial score (nSPS) is 10.8. The molecule has 2 heterocycles.